The van der Waals surface area contributed by atoms with Crippen LogP contribution in [0, 0.1) is 5.92 Å². The molecule has 1 atom stereocenters. The van der Waals surface area contributed by atoms with Gasteiger partial charge in [-0.05, 0) is 37.4 Å². The van der Waals surface area contributed by atoms with E-state index in [0.29, 0.717) is 18.9 Å². The fourth-order valence-electron chi connectivity index (χ4n) is 2.18. The first kappa shape index (κ1) is 17.5. The topological polar surface area (TPSA) is 55.1 Å². The summed E-state index contributed by atoms with van der Waals surface area (Å²) in [7, 11) is 0. The third-order valence-corrected chi connectivity index (χ3v) is 3.44. The van der Waals surface area contributed by atoms with Gasteiger partial charge in [0.25, 0.3) is 0 Å². The molecule has 0 aromatic heterocycles. The second-order valence-corrected chi connectivity index (χ2v) is 4.98. The van der Waals surface area contributed by atoms with Crippen LogP contribution in [0.15, 0.2) is 24.3 Å². The summed E-state index contributed by atoms with van der Waals surface area (Å²) in [5.41, 5.74) is 4.46. The van der Waals surface area contributed by atoms with Crippen molar-refractivity contribution < 1.29 is 18.0 Å². The molecule has 0 aliphatic heterocycles. The summed E-state index contributed by atoms with van der Waals surface area (Å²) in [5, 5.41) is 2.35. The van der Waals surface area contributed by atoms with Crippen molar-refractivity contribution in [1.29, 1.82) is 0 Å². The normalized spacial score (nSPS) is 13.0. The zero-order chi connectivity index (χ0) is 15.9. The highest BCUT2D eigenvalue weighted by atomic mass is 19.4. The molecular formula is C15H21F3N2O. The van der Waals surface area contributed by atoms with E-state index in [1.807, 2.05) is 6.92 Å². The predicted molar refractivity (Wildman–Crippen MR) is 76.8 cm³/mol. The first-order valence-electron chi connectivity index (χ1n) is 7.04. The van der Waals surface area contributed by atoms with Gasteiger partial charge in [-0.15, -0.1) is 0 Å². The lowest BCUT2D eigenvalue weighted by atomic mass is 9.96. The van der Waals surface area contributed by atoms with Crippen LogP contribution in [-0.4, -0.2) is 12.5 Å². The molecule has 3 nitrogen and oxygen atoms in total. The van der Waals surface area contributed by atoms with Crippen molar-refractivity contribution in [1.82, 2.24) is 0 Å². The number of hydrogen-bond acceptors (Lipinski definition) is 2. The minimum Gasteiger partial charge on any atom is -0.330 e. The van der Waals surface area contributed by atoms with Gasteiger partial charge in [0.1, 0.15) is 0 Å². The first-order valence-corrected chi connectivity index (χ1v) is 7.04. The zero-order valence-electron chi connectivity index (χ0n) is 12.0. The summed E-state index contributed by atoms with van der Waals surface area (Å²) in [6, 6.07) is 4.98. The minimum absolute atomic E-state index is 0.193. The minimum atomic E-state index is -4.48. The number of nitrogens with two attached hydrogens (primary N) is 1. The molecule has 3 N–H and O–H groups in total. The number of hydrogen-bond donors (Lipinski definition) is 2. The van der Waals surface area contributed by atoms with Gasteiger partial charge in [-0.2, -0.15) is 13.2 Å². The van der Waals surface area contributed by atoms with Gasteiger partial charge in [0, 0.05) is 6.42 Å². The van der Waals surface area contributed by atoms with E-state index in [9.17, 15) is 18.0 Å². The van der Waals surface area contributed by atoms with Crippen molar-refractivity contribution in [3.05, 3.63) is 29.8 Å². The van der Waals surface area contributed by atoms with E-state index in [-0.39, 0.29) is 12.1 Å². The Morgan fingerprint density at radius 2 is 1.95 bits per heavy atom. The van der Waals surface area contributed by atoms with Gasteiger partial charge in [-0.1, -0.05) is 25.5 Å². The number of nitrogens with one attached hydrogen (secondary N) is 1. The van der Waals surface area contributed by atoms with Crippen LogP contribution in [0.25, 0.3) is 0 Å². The Hall–Kier alpha value is -1.56. The van der Waals surface area contributed by atoms with E-state index in [0.717, 1.165) is 18.9 Å². The van der Waals surface area contributed by atoms with Crippen molar-refractivity contribution in [2.24, 2.45) is 11.7 Å². The maximum Gasteiger partial charge on any atom is 0.418 e. The van der Waals surface area contributed by atoms with Crippen LogP contribution >= 0.6 is 0 Å². The summed E-state index contributed by atoms with van der Waals surface area (Å²) in [5.74, 6) is -0.0687. The molecular weight excluding hydrogens is 281 g/mol. The summed E-state index contributed by atoms with van der Waals surface area (Å²) < 4.78 is 38.4. The number of carbonyl (C=O) groups is 1. The van der Waals surface area contributed by atoms with Crippen molar-refractivity contribution in [2.45, 2.75) is 38.8 Å². The number of anilines is 1. The Bertz CT molecular complexity index is 460. The molecule has 1 aromatic carbocycles. The SMILES string of the molecule is CCC(CCN)CCC(=O)Nc1ccccc1C(F)(F)F. The van der Waals surface area contributed by atoms with Gasteiger partial charge in [0.2, 0.25) is 5.91 Å². The number of carbonyl (C=O) groups excluding carboxylic acids is 1. The van der Waals surface area contributed by atoms with Crippen molar-refractivity contribution in [3.8, 4) is 0 Å². The van der Waals surface area contributed by atoms with E-state index in [1.54, 1.807) is 0 Å². The average Bonchev–Trinajstić information content (AvgIpc) is 2.43. The molecule has 0 spiro atoms. The molecule has 0 saturated carbocycles. The van der Waals surface area contributed by atoms with Crippen molar-refractivity contribution in [3.63, 3.8) is 0 Å². The molecule has 1 amide bonds. The van der Waals surface area contributed by atoms with E-state index in [4.69, 9.17) is 5.73 Å². The molecule has 6 heteroatoms. The second-order valence-electron chi connectivity index (χ2n) is 4.98. The average molecular weight is 302 g/mol. The van der Waals surface area contributed by atoms with Gasteiger partial charge in [0.15, 0.2) is 0 Å². The molecule has 0 radical (unpaired) electrons. The molecule has 0 fully saturated rings. The third-order valence-electron chi connectivity index (χ3n) is 3.44. The van der Waals surface area contributed by atoms with Crippen molar-refractivity contribution >= 4 is 11.6 Å². The first-order chi connectivity index (χ1) is 9.88. The second kappa shape index (κ2) is 8.02. The zero-order valence-corrected chi connectivity index (χ0v) is 12.0. The highest BCUT2D eigenvalue weighted by Crippen LogP contribution is 2.34. The fraction of sp³-hybridized carbons (Fsp3) is 0.533. The molecule has 1 aromatic rings. The van der Waals surface area contributed by atoms with Gasteiger partial charge >= 0.3 is 6.18 Å². The van der Waals surface area contributed by atoms with E-state index in [1.165, 1.54) is 18.2 Å². The molecule has 0 bridgehead atoms. The van der Waals surface area contributed by atoms with E-state index < -0.39 is 17.6 Å². The summed E-state index contributed by atoms with van der Waals surface area (Å²) >= 11 is 0. The number of para-hydroxylation sites is 1. The van der Waals surface area contributed by atoms with Crippen LogP contribution in [0.4, 0.5) is 18.9 Å². The van der Waals surface area contributed by atoms with Gasteiger partial charge < -0.3 is 11.1 Å². The Kier molecular flexibility index (Phi) is 6.68. The molecule has 21 heavy (non-hydrogen) atoms. The number of amides is 1. The Morgan fingerprint density at radius 3 is 2.52 bits per heavy atom. The molecule has 0 aliphatic rings. The molecule has 118 valence electrons. The van der Waals surface area contributed by atoms with E-state index in [2.05, 4.69) is 5.32 Å². The Labute approximate surface area is 122 Å². The Balaban J connectivity index is 2.63. The maximum atomic E-state index is 12.8. The Morgan fingerprint density at radius 1 is 1.29 bits per heavy atom. The predicted octanol–water partition coefficient (Wildman–Crippen LogP) is 3.80. The highest BCUT2D eigenvalue weighted by Gasteiger charge is 2.33. The van der Waals surface area contributed by atoms with E-state index >= 15 is 0 Å². The summed E-state index contributed by atoms with van der Waals surface area (Å²) in [6.45, 7) is 2.56. The van der Waals surface area contributed by atoms with Crippen LogP contribution in [0.1, 0.15) is 38.2 Å². The van der Waals surface area contributed by atoms with Crippen LogP contribution in [0.3, 0.4) is 0 Å². The van der Waals surface area contributed by atoms with Gasteiger partial charge in [-0.25, -0.2) is 0 Å². The quantitative estimate of drug-likeness (QED) is 0.805. The molecule has 0 heterocycles. The van der Waals surface area contributed by atoms with Crippen molar-refractivity contribution in [2.75, 3.05) is 11.9 Å². The van der Waals surface area contributed by atoms with Gasteiger partial charge in [0.05, 0.1) is 11.3 Å². The number of rotatable bonds is 7. The van der Waals surface area contributed by atoms with Gasteiger partial charge in [-0.3, -0.25) is 4.79 Å². The lowest BCUT2D eigenvalue weighted by Gasteiger charge is -2.15. The van der Waals surface area contributed by atoms with Crippen LogP contribution < -0.4 is 11.1 Å². The molecule has 0 saturated heterocycles. The fourth-order valence-corrected chi connectivity index (χ4v) is 2.18. The largest absolute Gasteiger partial charge is 0.418 e. The monoisotopic (exact) mass is 302 g/mol. The number of benzene rings is 1. The molecule has 0 aliphatic carbocycles. The lowest BCUT2D eigenvalue weighted by molar-refractivity contribution is -0.137. The maximum absolute atomic E-state index is 12.8. The number of halogens is 3. The standard InChI is InChI=1S/C15H21F3N2O/c1-2-11(9-10-19)7-8-14(21)20-13-6-4-3-5-12(13)15(16,17)18/h3-6,11H,2,7-10,19H2,1H3,(H,20,21). The molecule has 1 rings (SSSR count). The molecule has 1 unspecified atom stereocenters. The smallest absolute Gasteiger partial charge is 0.330 e. The van der Waals surface area contributed by atoms with Crippen LogP contribution in [0.5, 0.6) is 0 Å². The van der Waals surface area contributed by atoms with Crippen LogP contribution in [0.2, 0.25) is 0 Å². The lowest BCUT2D eigenvalue weighted by Crippen LogP contribution is -2.18. The van der Waals surface area contributed by atoms with Crippen LogP contribution in [-0.2, 0) is 11.0 Å². The number of alkyl halides is 3. The summed E-state index contributed by atoms with van der Waals surface area (Å²) in [6.07, 6.45) is -1.92. The highest BCUT2D eigenvalue weighted by molar-refractivity contribution is 5.91. The third kappa shape index (κ3) is 5.75. The summed E-state index contributed by atoms with van der Waals surface area (Å²) in [4.78, 5) is 11.8.